The van der Waals surface area contributed by atoms with Gasteiger partial charge in [0.2, 0.25) is 0 Å². The molecule has 1 aliphatic rings. The summed E-state index contributed by atoms with van der Waals surface area (Å²) in [5.41, 5.74) is 3.24. The first-order valence-corrected chi connectivity index (χ1v) is 7.15. The molecule has 110 valence electrons. The van der Waals surface area contributed by atoms with Gasteiger partial charge in [-0.1, -0.05) is 17.7 Å². The first-order valence-electron chi connectivity index (χ1n) is 7.15. The van der Waals surface area contributed by atoms with Gasteiger partial charge in [0.25, 0.3) is 0 Å². The van der Waals surface area contributed by atoms with E-state index in [1.54, 1.807) is 0 Å². The van der Waals surface area contributed by atoms with E-state index in [1.807, 2.05) is 26.0 Å². The third kappa shape index (κ3) is 3.81. The average molecular weight is 276 g/mol. The highest BCUT2D eigenvalue weighted by atomic mass is 16.5. The number of carbonyl (C=O) groups is 1. The highest BCUT2D eigenvalue weighted by Crippen LogP contribution is 2.24. The lowest BCUT2D eigenvalue weighted by molar-refractivity contribution is -0.136. The Morgan fingerprint density at radius 2 is 1.65 bits per heavy atom. The van der Waals surface area contributed by atoms with Crippen LogP contribution in [0.15, 0.2) is 12.1 Å². The predicted octanol–water partition coefficient (Wildman–Crippen LogP) is 1.76. The molecule has 4 nitrogen and oxygen atoms in total. The molecule has 0 bridgehead atoms. The Bertz CT molecular complexity index is 468. The van der Waals surface area contributed by atoms with Crippen LogP contribution in [0.4, 0.5) is 0 Å². The van der Waals surface area contributed by atoms with Crippen molar-refractivity contribution in [2.75, 3.05) is 39.8 Å². The van der Waals surface area contributed by atoms with E-state index in [0.717, 1.165) is 43.1 Å². The zero-order chi connectivity index (χ0) is 14.7. The van der Waals surface area contributed by atoms with E-state index >= 15 is 0 Å². The molecule has 0 N–H and O–H groups in total. The molecule has 0 aliphatic carbocycles. The Morgan fingerprint density at radius 1 is 1.10 bits per heavy atom. The largest absolute Gasteiger partial charge is 0.425 e. The first kappa shape index (κ1) is 15.0. The fourth-order valence-electron chi connectivity index (χ4n) is 2.66. The fourth-order valence-corrected chi connectivity index (χ4v) is 2.66. The molecule has 2 rings (SSSR count). The molecule has 20 heavy (non-hydrogen) atoms. The minimum atomic E-state index is -0.162. The van der Waals surface area contributed by atoms with Gasteiger partial charge >= 0.3 is 5.97 Å². The van der Waals surface area contributed by atoms with Crippen LogP contribution in [0.3, 0.4) is 0 Å². The molecule has 0 atom stereocenters. The lowest BCUT2D eigenvalue weighted by Crippen LogP contribution is -2.46. The molecular formula is C16H24N2O2. The Labute approximate surface area is 121 Å². The summed E-state index contributed by atoms with van der Waals surface area (Å²) in [6, 6.07) is 4.09. The topological polar surface area (TPSA) is 32.8 Å². The summed E-state index contributed by atoms with van der Waals surface area (Å²) >= 11 is 0. The maximum atomic E-state index is 12.1. The van der Waals surface area contributed by atoms with E-state index in [1.165, 1.54) is 5.56 Å². The second-order valence-electron chi connectivity index (χ2n) is 5.78. The molecule has 0 unspecified atom stereocenters. The summed E-state index contributed by atoms with van der Waals surface area (Å²) in [4.78, 5) is 16.5. The Kier molecular flexibility index (Phi) is 4.78. The fraction of sp³-hybridized carbons (Fsp3) is 0.562. The van der Waals surface area contributed by atoms with E-state index in [-0.39, 0.29) is 5.97 Å². The van der Waals surface area contributed by atoms with Crippen molar-refractivity contribution in [2.45, 2.75) is 20.8 Å². The summed E-state index contributed by atoms with van der Waals surface area (Å²) in [5.74, 6) is 0.555. The molecule has 1 fully saturated rings. The summed E-state index contributed by atoms with van der Waals surface area (Å²) in [5, 5.41) is 0. The molecular weight excluding hydrogens is 252 g/mol. The summed E-state index contributed by atoms with van der Waals surface area (Å²) < 4.78 is 5.57. The van der Waals surface area contributed by atoms with Crippen LogP contribution in [0.5, 0.6) is 5.75 Å². The zero-order valence-corrected chi connectivity index (χ0v) is 12.9. The van der Waals surface area contributed by atoms with Gasteiger partial charge in [0.1, 0.15) is 5.75 Å². The first-order chi connectivity index (χ1) is 9.45. The smallest absolute Gasteiger partial charge is 0.325 e. The van der Waals surface area contributed by atoms with Crippen molar-refractivity contribution >= 4 is 5.97 Å². The van der Waals surface area contributed by atoms with Gasteiger partial charge < -0.3 is 9.64 Å². The zero-order valence-electron chi connectivity index (χ0n) is 12.9. The number of nitrogens with zero attached hydrogens (tertiary/aromatic N) is 2. The number of likely N-dealkylation sites (N-methyl/N-ethyl adjacent to an activating group) is 1. The molecule has 0 saturated carbocycles. The molecule has 0 aromatic heterocycles. The molecule has 1 aliphatic heterocycles. The number of carbonyl (C=O) groups excluding carboxylic acids is 1. The van der Waals surface area contributed by atoms with Crippen LogP contribution in [0.25, 0.3) is 0 Å². The van der Waals surface area contributed by atoms with E-state index in [9.17, 15) is 4.79 Å². The van der Waals surface area contributed by atoms with Crippen molar-refractivity contribution in [2.24, 2.45) is 0 Å². The highest BCUT2D eigenvalue weighted by molar-refractivity contribution is 5.75. The standard InChI is InChI=1S/C16H24N2O2/c1-12-9-13(2)16(14(3)10-12)20-15(19)11-18-7-5-17(4)6-8-18/h9-10H,5-8,11H2,1-4H3. The second-order valence-corrected chi connectivity index (χ2v) is 5.78. The summed E-state index contributed by atoms with van der Waals surface area (Å²) in [6.45, 7) is 10.3. The van der Waals surface area contributed by atoms with Crippen LogP contribution < -0.4 is 4.74 Å². The number of hydrogen-bond donors (Lipinski definition) is 0. The van der Waals surface area contributed by atoms with Crippen molar-refractivity contribution in [3.63, 3.8) is 0 Å². The van der Waals surface area contributed by atoms with Crippen molar-refractivity contribution < 1.29 is 9.53 Å². The van der Waals surface area contributed by atoms with Gasteiger partial charge in [-0.25, -0.2) is 0 Å². The maximum absolute atomic E-state index is 12.1. The molecule has 0 radical (unpaired) electrons. The molecule has 1 heterocycles. The second kappa shape index (κ2) is 6.37. The highest BCUT2D eigenvalue weighted by Gasteiger charge is 2.18. The number of hydrogen-bond acceptors (Lipinski definition) is 4. The predicted molar refractivity (Wildman–Crippen MR) is 80.2 cm³/mol. The monoisotopic (exact) mass is 276 g/mol. The van der Waals surface area contributed by atoms with Gasteiger partial charge in [-0.05, 0) is 38.9 Å². The molecule has 1 aromatic carbocycles. The van der Waals surface area contributed by atoms with Gasteiger partial charge in [-0.2, -0.15) is 0 Å². The van der Waals surface area contributed by atoms with Gasteiger partial charge in [0.15, 0.2) is 0 Å². The molecule has 4 heteroatoms. The van der Waals surface area contributed by atoms with Crippen LogP contribution >= 0.6 is 0 Å². The van der Waals surface area contributed by atoms with Gasteiger partial charge in [0.05, 0.1) is 6.54 Å². The quantitative estimate of drug-likeness (QED) is 0.622. The molecule has 0 amide bonds. The Balaban J connectivity index is 1.95. The van der Waals surface area contributed by atoms with E-state index in [2.05, 4.69) is 23.8 Å². The lowest BCUT2D eigenvalue weighted by Gasteiger charge is -2.31. The van der Waals surface area contributed by atoms with Crippen LogP contribution in [0.2, 0.25) is 0 Å². The minimum Gasteiger partial charge on any atom is -0.425 e. The van der Waals surface area contributed by atoms with Crippen molar-refractivity contribution in [1.82, 2.24) is 9.80 Å². The van der Waals surface area contributed by atoms with E-state index in [0.29, 0.717) is 6.54 Å². The number of aryl methyl sites for hydroxylation is 3. The van der Waals surface area contributed by atoms with Crippen LogP contribution in [-0.4, -0.2) is 55.5 Å². The maximum Gasteiger partial charge on any atom is 0.325 e. The number of esters is 1. The molecule has 1 aromatic rings. The summed E-state index contributed by atoms with van der Waals surface area (Å²) in [7, 11) is 2.11. The van der Waals surface area contributed by atoms with Gasteiger partial charge in [0, 0.05) is 26.2 Å². The van der Waals surface area contributed by atoms with E-state index < -0.39 is 0 Å². The van der Waals surface area contributed by atoms with Crippen LogP contribution in [0, 0.1) is 20.8 Å². The van der Waals surface area contributed by atoms with E-state index in [4.69, 9.17) is 4.74 Å². The number of benzene rings is 1. The third-order valence-corrected chi connectivity index (χ3v) is 3.77. The van der Waals surface area contributed by atoms with Crippen LogP contribution in [-0.2, 0) is 4.79 Å². The SMILES string of the molecule is Cc1cc(C)c(OC(=O)CN2CCN(C)CC2)c(C)c1. The Morgan fingerprint density at radius 3 is 2.20 bits per heavy atom. The molecule has 1 saturated heterocycles. The van der Waals surface area contributed by atoms with Crippen molar-refractivity contribution in [3.05, 3.63) is 28.8 Å². The van der Waals surface area contributed by atoms with Gasteiger partial charge in [-0.15, -0.1) is 0 Å². The lowest BCUT2D eigenvalue weighted by atomic mass is 10.1. The normalized spacial score (nSPS) is 17.2. The average Bonchev–Trinajstić information content (AvgIpc) is 2.36. The van der Waals surface area contributed by atoms with Crippen molar-refractivity contribution in [3.8, 4) is 5.75 Å². The summed E-state index contributed by atoms with van der Waals surface area (Å²) in [6.07, 6.45) is 0. The molecule has 0 spiro atoms. The Hall–Kier alpha value is -1.39. The van der Waals surface area contributed by atoms with Crippen LogP contribution in [0.1, 0.15) is 16.7 Å². The number of ether oxygens (including phenoxy) is 1. The number of piperazine rings is 1. The number of rotatable bonds is 3. The third-order valence-electron chi connectivity index (χ3n) is 3.77. The minimum absolute atomic E-state index is 0.162. The van der Waals surface area contributed by atoms with Crippen molar-refractivity contribution in [1.29, 1.82) is 0 Å². The van der Waals surface area contributed by atoms with Gasteiger partial charge in [-0.3, -0.25) is 9.69 Å².